The highest BCUT2D eigenvalue weighted by Gasteiger charge is 2.14. The smallest absolute Gasteiger partial charge is 0.136 e. The number of rotatable bonds is 2. The molecule has 1 N–H and O–H groups in total. The summed E-state index contributed by atoms with van der Waals surface area (Å²) in [4.78, 5) is 0. The Bertz CT molecular complexity index is 162. The van der Waals surface area contributed by atoms with Gasteiger partial charge in [-0.2, -0.15) is 0 Å². The third kappa shape index (κ3) is 4.36. The quantitative estimate of drug-likeness (QED) is 0.362. The Morgan fingerprint density at radius 2 is 2.20 bits per heavy atom. The second-order valence-corrected chi connectivity index (χ2v) is 7.26. The van der Waals surface area contributed by atoms with Crippen LogP contribution in [0.2, 0.25) is 19.1 Å². The minimum Gasteiger partial charge on any atom is -0.384 e. The molecule has 0 unspecified atom stereocenters. The molecule has 2 heteroatoms. The minimum atomic E-state index is -1.36. The lowest BCUT2D eigenvalue weighted by atomic mass is 10.8. The zero-order valence-corrected chi connectivity index (χ0v) is 7.65. The van der Waals surface area contributed by atoms with E-state index in [0.717, 1.165) is 6.04 Å². The van der Waals surface area contributed by atoms with Crippen molar-refractivity contribution in [3.8, 4) is 11.5 Å². The van der Waals surface area contributed by atoms with Crippen molar-refractivity contribution in [2.24, 2.45) is 0 Å². The second-order valence-electron chi connectivity index (χ2n) is 2.84. The lowest BCUT2D eigenvalue weighted by molar-refractivity contribution is 0.350. The average Bonchev–Trinajstić information content (AvgIpc) is 1.84. The van der Waals surface area contributed by atoms with Crippen molar-refractivity contribution >= 4 is 8.07 Å². The van der Waals surface area contributed by atoms with Gasteiger partial charge in [0.05, 0.1) is 0 Å². The van der Waals surface area contributed by atoms with Gasteiger partial charge in [-0.05, 0) is 6.04 Å². The maximum atomic E-state index is 8.42. The summed E-state index contributed by atoms with van der Waals surface area (Å²) in [5.41, 5.74) is 3.08. The van der Waals surface area contributed by atoms with Crippen LogP contribution in [0.25, 0.3) is 0 Å². The standard InChI is InChI=1S/C8H14OSi/c1-4-7-10(2,3)8-5-6-9/h4,9H,1,6-7H2,2-3H3. The molecule has 0 bridgehead atoms. The molecule has 0 radical (unpaired) electrons. The fraction of sp³-hybridized carbons (Fsp3) is 0.500. The first-order valence-electron chi connectivity index (χ1n) is 3.34. The first-order valence-corrected chi connectivity index (χ1v) is 6.55. The van der Waals surface area contributed by atoms with Crippen molar-refractivity contribution in [3.63, 3.8) is 0 Å². The SMILES string of the molecule is C=CC[Si](C)(C)C#CCO. The van der Waals surface area contributed by atoms with Crippen LogP contribution in [0.3, 0.4) is 0 Å². The van der Waals surface area contributed by atoms with Gasteiger partial charge in [-0.3, -0.25) is 0 Å². The highest BCUT2D eigenvalue weighted by molar-refractivity contribution is 6.85. The van der Waals surface area contributed by atoms with Crippen LogP contribution in [0.5, 0.6) is 0 Å². The Balaban J connectivity index is 3.97. The highest BCUT2D eigenvalue weighted by Crippen LogP contribution is 2.06. The molecule has 0 atom stereocenters. The summed E-state index contributed by atoms with van der Waals surface area (Å²) < 4.78 is 0. The van der Waals surface area contributed by atoms with E-state index in [1.54, 1.807) is 0 Å². The monoisotopic (exact) mass is 154 g/mol. The van der Waals surface area contributed by atoms with E-state index in [-0.39, 0.29) is 6.61 Å². The summed E-state index contributed by atoms with van der Waals surface area (Å²) >= 11 is 0. The molecule has 0 rings (SSSR count). The van der Waals surface area contributed by atoms with E-state index in [1.807, 2.05) is 6.08 Å². The Labute approximate surface area is 63.8 Å². The molecule has 0 saturated heterocycles. The Morgan fingerprint density at radius 1 is 1.60 bits per heavy atom. The molecule has 0 aromatic heterocycles. The van der Waals surface area contributed by atoms with Gasteiger partial charge in [0.25, 0.3) is 0 Å². The summed E-state index contributed by atoms with van der Waals surface area (Å²) in [5.74, 6) is 2.69. The van der Waals surface area contributed by atoms with Gasteiger partial charge >= 0.3 is 0 Å². The number of allylic oxidation sites excluding steroid dienone is 1. The first-order chi connectivity index (χ1) is 4.62. The number of aliphatic hydroxyl groups is 1. The van der Waals surface area contributed by atoms with Crippen molar-refractivity contribution in [2.45, 2.75) is 19.1 Å². The van der Waals surface area contributed by atoms with Gasteiger partial charge in [-0.15, -0.1) is 12.1 Å². The molecule has 0 aromatic rings. The van der Waals surface area contributed by atoms with Crippen LogP contribution in [0.15, 0.2) is 12.7 Å². The van der Waals surface area contributed by atoms with Gasteiger partial charge in [-0.1, -0.05) is 25.1 Å². The second kappa shape index (κ2) is 4.32. The summed E-state index contributed by atoms with van der Waals surface area (Å²) in [7, 11) is -1.36. The molecule has 0 aliphatic carbocycles. The van der Waals surface area contributed by atoms with E-state index < -0.39 is 8.07 Å². The molecule has 0 spiro atoms. The maximum absolute atomic E-state index is 8.42. The van der Waals surface area contributed by atoms with Gasteiger partial charge in [0.1, 0.15) is 14.7 Å². The van der Waals surface area contributed by atoms with Crippen LogP contribution in [0.4, 0.5) is 0 Å². The van der Waals surface area contributed by atoms with Crippen molar-refractivity contribution in [3.05, 3.63) is 12.7 Å². The molecule has 10 heavy (non-hydrogen) atoms. The zero-order chi connectivity index (χ0) is 8.04. The summed E-state index contributed by atoms with van der Waals surface area (Å²) in [6.07, 6.45) is 1.90. The van der Waals surface area contributed by atoms with Gasteiger partial charge < -0.3 is 5.11 Å². The lowest BCUT2D eigenvalue weighted by Gasteiger charge is -2.09. The molecule has 0 saturated carbocycles. The van der Waals surface area contributed by atoms with Crippen LogP contribution >= 0.6 is 0 Å². The molecule has 56 valence electrons. The normalized spacial score (nSPS) is 9.90. The first kappa shape index (κ1) is 9.48. The van der Waals surface area contributed by atoms with E-state index in [9.17, 15) is 0 Å². The van der Waals surface area contributed by atoms with Gasteiger partial charge in [-0.25, -0.2) is 0 Å². The largest absolute Gasteiger partial charge is 0.384 e. The van der Waals surface area contributed by atoms with Gasteiger partial charge in [0, 0.05) is 0 Å². The van der Waals surface area contributed by atoms with Crippen LogP contribution < -0.4 is 0 Å². The maximum Gasteiger partial charge on any atom is 0.136 e. The number of hydrogen-bond acceptors (Lipinski definition) is 1. The van der Waals surface area contributed by atoms with Crippen molar-refractivity contribution < 1.29 is 5.11 Å². The molecule has 0 amide bonds. The van der Waals surface area contributed by atoms with E-state index in [2.05, 4.69) is 31.1 Å². The van der Waals surface area contributed by atoms with E-state index in [0.29, 0.717) is 0 Å². The van der Waals surface area contributed by atoms with Crippen molar-refractivity contribution in [1.82, 2.24) is 0 Å². The number of hydrogen-bond donors (Lipinski definition) is 1. The van der Waals surface area contributed by atoms with E-state index in [4.69, 9.17) is 5.11 Å². The molecule has 0 aromatic carbocycles. The van der Waals surface area contributed by atoms with Crippen LogP contribution in [0.1, 0.15) is 0 Å². The Kier molecular flexibility index (Phi) is 4.09. The Hall–Kier alpha value is -0.523. The average molecular weight is 154 g/mol. The van der Waals surface area contributed by atoms with Crippen LogP contribution in [0, 0.1) is 11.5 Å². The van der Waals surface area contributed by atoms with Crippen LogP contribution in [-0.2, 0) is 0 Å². The zero-order valence-electron chi connectivity index (χ0n) is 6.65. The Morgan fingerprint density at radius 3 is 2.60 bits per heavy atom. The van der Waals surface area contributed by atoms with Crippen LogP contribution in [-0.4, -0.2) is 19.8 Å². The minimum absolute atomic E-state index is 0.0203. The van der Waals surface area contributed by atoms with E-state index >= 15 is 0 Å². The molecule has 0 aliphatic rings. The molecular weight excluding hydrogens is 140 g/mol. The lowest BCUT2D eigenvalue weighted by Crippen LogP contribution is -2.21. The topological polar surface area (TPSA) is 20.2 Å². The molecule has 1 nitrogen and oxygen atoms in total. The fourth-order valence-electron chi connectivity index (χ4n) is 0.691. The molecule has 0 aliphatic heterocycles. The highest BCUT2D eigenvalue weighted by atomic mass is 28.3. The predicted octanol–water partition coefficient (Wildman–Crippen LogP) is 1.42. The molecule has 0 fully saturated rings. The summed E-state index contributed by atoms with van der Waals surface area (Å²) in [6, 6.07) is 1.00. The predicted molar refractivity (Wildman–Crippen MR) is 47.3 cm³/mol. The van der Waals surface area contributed by atoms with E-state index in [1.165, 1.54) is 0 Å². The summed E-state index contributed by atoms with van der Waals surface area (Å²) in [5, 5.41) is 8.42. The molecule has 0 heterocycles. The fourth-order valence-corrected chi connectivity index (χ4v) is 2.07. The summed E-state index contributed by atoms with van der Waals surface area (Å²) in [6.45, 7) is 7.97. The van der Waals surface area contributed by atoms with Gasteiger partial charge in [0.2, 0.25) is 0 Å². The third-order valence-corrected chi connectivity index (χ3v) is 3.32. The van der Waals surface area contributed by atoms with Crippen molar-refractivity contribution in [1.29, 1.82) is 0 Å². The third-order valence-electron chi connectivity index (χ3n) is 1.16. The molecular formula is C8H14OSi. The van der Waals surface area contributed by atoms with Crippen molar-refractivity contribution in [2.75, 3.05) is 6.61 Å². The number of aliphatic hydroxyl groups excluding tert-OH is 1. The van der Waals surface area contributed by atoms with Gasteiger partial charge in [0.15, 0.2) is 0 Å².